The summed E-state index contributed by atoms with van der Waals surface area (Å²) in [6.07, 6.45) is 3.60. The van der Waals surface area contributed by atoms with Gasteiger partial charge in [0.05, 0.1) is 18.2 Å². The van der Waals surface area contributed by atoms with E-state index >= 15 is 0 Å². The summed E-state index contributed by atoms with van der Waals surface area (Å²) < 4.78 is 7.40. The first-order valence-electron chi connectivity index (χ1n) is 5.75. The van der Waals surface area contributed by atoms with Gasteiger partial charge < -0.3 is 10.1 Å². The van der Waals surface area contributed by atoms with E-state index in [2.05, 4.69) is 27.8 Å². The third-order valence-corrected chi connectivity index (χ3v) is 3.37. The highest BCUT2D eigenvalue weighted by Crippen LogP contribution is 2.32. The van der Waals surface area contributed by atoms with Gasteiger partial charge >= 0.3 is 0 Å². The Morgan fingerprint density at radius 2 is 2.31 bits per heavy atom. The summed E-state index contributed by atoms with van der Waals surface area (Å²) >= 11 is 0. The van der Waals surface area contributed by atoms with Crippen molar-refractivity contribution in [2.24, 2.45) is 0 Å². The summed E-state index contributed by atoms with van der Waals surface area (Å²) in [5.74, 6) is 0.886. The Bertz CT molecular complexity index is 340. The Balaban J connectivity index is 2.22. The average molecular weight is 225 g/mol. The standard InChI is InChI=1S/C10H19N5O/c1-7(11-2)10-12-13-14-15(10)8-5-4-6-9(8)16-3/h7-9,11H,4-6H2,1-3H3. The molecule has 0 aliphatic heterocycles. The second kappa shape index (κ2) is 4.88. The molecule has 6 nitrogen and oxygen atoms in total. The number of hydrogen-bond acceptors (Lipinski definition) is 5. The van der Waals surface area contributed by atoms with Crippen molar-refractivity contribution in [3.8, 4) is 0 Å². The Morgan fingerprint density at radius 1 is 1.50 bits per heavy atom. The molecule has 0 saturated heterocycles. The zero-order chi connectivity index (χ0) is 11.5. The fourth-order valence-electron chi connectivity index (χ4n) is 2.31. The van der Waals surface area contributed by atoms with Crippen LogP contribution in [0.1, 0.15) is 44.1 Å². The van der Waals surface area contributed by atoms with Crippen LogP contribution in [0.25, 0.3) is 0 Å². The Hall–Kier alpha value is -1.01. The summed E-state index contributed by atoms with van der Waals surface area (Å²) in [6, 6.07) is 0.443. The van der Waals surface area contributed by atoms with Crippen molar-refractivity contribution in [3.05, 3.63) is 5.82 Å². The van der Waals surface area contributed by atoms with Crippen LogP contribution in [0, 0.1) is 0 Å². The van der Waals surface area contributed by atoms with Crippen molar-refractivity contribution in [2.75, 3.05) is 14.2 Å². The number of hydrogen-bond donors (Lipinski definition) is 1. The van der Waals surface area contributed by atoms with Gasteiger partial charge in [0.15, 0.2) is 5.82 Å². The molecule has 0 bridgehead atoms. The zero-order valence-electron chi connectivity index (χ0n) is 10.1. The maximum absolute atomic E-state index is 5.48. The van der Waals surface area contributed by atoms with Gasteiger partial charge in [-0.1, -0.05) is 0 Å². The first kappa shape index (κ1) is 11.5. The maximum atomic E-state index is 5.48. The highest BCUT2D eigenvalue weighted by Gasteiger charge is 2.32. The third-order valence-electron chi connectivity index (χ3n) is 3.37. The van der Waals surface area contributed by atoms with E-state index in [1.165, 1.54) is 6.42 Å². The molecule has 1 aromatic rings. The van der Waals surface area contributed by atoms with Crippen molar-refractivity contribution in [2.45, 2.75) is 44.4 Å². The van der Waals surface area contributed by atoms with E-state index in [4.69, 9.17) is 4.74 Å². The van der Waals surface area contributed by atoms with Gasteiger partial charge in [-0.2, -0.15) is 0 Å². The van der Waals surface area contributed by atoms with Crippen LogP contribution in [-0.4, -0.2) is 40.5 Å². The molecule has 6 heteroatoms. The van der Waals surface area contributed by atoms with Gasteiger partial charge in [-0.3, -0.25) is 0 Å². The van der Waals surface area contributed by atoms with Crippen molar-refractivity contribution >= 4 is 0 Å². The van der Waals surface area contributed by atoms with Crippen molar-refractivity contribution in [1.29, 1.82) is 0 Å². The largest absolute Gasteiger partial charge is 0.379 e. The van der Waals surface area contributed by atoms with Crippen LogP contribution in [0.2, 0.25) is 0 Å². The molecule has 0 radical (unpaired) electrons. The van der Waals surface area contributed by atoms with E-state index in [0.29, 0.717) is 0 Å². The predicted octanol–water partition coefficient (Wildman–Crippen LogP) is 0.693. The number of methoxy groups -OCH3 is 1. The highest BCUT2D eigenvalue weighted by molar-refractivity contribution is 4.95. The fourth-order valence-corrected chi connectivity index (χ4v) is 2.31. The molecule has 90 valence electrons. The smallest absolute Gasteiger partial charge is 0.168 e. The molecule has 0 amide bonds. The molecule has 0 spiro atoms. The van der Waals surface area contributed by atoms with Gasteiger partial charge in [0.1, 0.15) is 0 Å². The molecule has 16 heavy (non-hydrogen) atoms. The highest BCUT2D eigenvalue weighted by atomic mass is 16.5. The van der Waals surface area contributed by atoms with Gasteiger partial charge in [0.2, 0.25) is 0 Å². The Kier molecular flexibility index (Phi) is 3.50. The molecular formula is C10H19N5O. The third kappa shape index (κ3) is 1.94. The van der Waals surface area contributed by atoms with Gasteiger partial charge in [-0.25, -0.2) is 4.68 Å². The second-order valence-corrected chi connectivity index (χ2v) is 4.26. The van der Waals surface area contributed by atoms with Crippen molar-refractivity contribution < 1.29 is 4.74 Å². The Labute approximate surface area is 95.4 Å². The molecule has 3 unspecified atom stereocenters. The van der Waals surface area contributed by atoms with Crippen LogP contribution in [0.5, 0.6) is 0 Å². The molecule has 1 heterocycles. The second-order valence-electron chi connectivity index (χ2n) is 4.26. The predicted molar refractivity (Wildman–Crippen MR) is 59.0 cm³/mol. The fraction of sp³-hybridized carbons (Fsp3) is 0.900. The summed E-state index contributed by atoms with van der Waals surface area (Å²) in [5.41, 5.74) is 0. The molecule has 1 N–H and O–H groups in total. The Morgan fingerprint density at radius 3 is 3.00 bits per heavy atom. The molecular weight excluding hydrogens is 206 g/mol. The quantitative estimate of drug-likeness (QED) is 0.817. The van der Waals surface area contributed by atoms with E-state index < -0.39 is 0 Å². The van der Waals surface area contributed by atoms with Gasteiger partial charge in [0.25, 0.3) is 0 Å². The van der Waals surface area contributed by atoms with Crippen LogP contribution in [-0.2, 0) is 4.74 Å². The van der Waals surface area contributed by atoms with Gasteiger partial charge in [-0.05, 0) is 43.7 Å². The molecule has 3 atom stereocenters. The molecule has 1 saturated carbocycles. The number of rotatable bonds is 4. The number of nitrogens with zero attached hydrogens (tertiary/aromatic N) is 4. The van der Waals surface area contributed by atoms with E-state index in [1.54, 1.807) is 7.11 Å². The normalized spacial score (nSPS) is 27.2. The number of ether oxygens (including phenoxy) is 1. The summed E-state index contributed by atoms with van der Waals surface area (Å²) in [6.45, 7) is 2.05. The summed E-state index contributed by atoms with van der Waals surface area (Å²) in [7, 11) is 3.67. The lowest BCUT2D eigenvalue weighted by Crippen LogP contribution is -2.26. The minimum absolute atomic E-state index is 0.160. The van der Waals surface area contributed by atoms with E-state index in [-0.39, 0.29) is 18.2 Å². The van der Waals surface area contributed by atoms with Crippen LogP contribution >= 0.6 is 0 Å². The first-order valence-corrected chi connectivity index (χ1v) is 5.75. The summed E-state index contributed by atoms with van der Waals surface area (Å²) in [4.78, 5) is 0. The SMILES string of the molecule is CNC(C)c1nnnn1C1CCCC1OC. The monoisotopic (exact) mass is 225 g/mol. The summed E-state index contributed by atoms with van der Waals surface area (Å²) in [5, 5.41) is 15.1. The van der Waals surface area contributed by atoms with E-state index in [0.717, 1.165) is 18.7 Å². The van der Waals surface area contributed by atoms with Crippen LogP contribution in [0.3, 0.4) is 0 Å². The van der Waals surface area contributed by atoms with Crippen molar-refractivity contribution in [1.82, 2.24) is 25.5 Å². The minimum atomic E-state index is 0.160. The molecule has 1 aliphatic rings. The molecule has 0 aromatic carbocycles. The molecule has 2 rings (SSSR count). The van der Waals surface area contributed by atoms with E-state index in [1.807, 2.05) is 11.7 Å². The van der Waals surface area contributed by atoms with Gasteiger partial charge in [0, 0.05) is 7.11 Å². The van der Waals surface area contributed by atoms with Crippen LogP contribution < -0.4 is 5.32 Å². The number of aromatic nitrogens is 4. The molecule has 1 aliphatic carbocycles. The van der Waals surface area contributed by atoms with Crippen molar-refractivity contribution in [3.63, 3.8) is 0 Å². The average Bonchev–Trinajstić information content (AvgIpc) is 2.94. The number of tetrazole rings is 1. The lowest BCUT2D eigenvalue weighted by atomic mass is 10.2. The zero-order valence-corrected chi connectivity index (χ0v) is 10.1. The maximum Gasteiger partial charge on any atom is 0.168 e. The number of nitrogens with one attached hydrogen (secondary N) is 1. The lowest BCUT2D eigenvalue weighted by Gasteiger charge is -2.20. The van der Waals surface area contributed by atoms with E-state index in [9.17, 15) is 0 Å². The molecule has 1 aromatic heterocycles. The topological polar surface area (TPSA) is 64.9 Å². The molecule has 1 fully saturated rings. The minimum Gasteiger partial charge on any atom is -0.379 e. The van der Waals surface area contributed by atoms with Crippen LogP contribution in [0.4, 0.5) is 0 Å². The van der Waals surface area contributed by atoms with Gasteiger partial charge in [-0.15, -0.1) is 5.10 Å². The first-order chi connectivity index (χ1) is 7.77. The van der Waals surface area contributed by atoms with Crippen LogP contribution in [0.15, 0.2) is 0 Å². The lowest BCUT2D eigenvalue weighted by molar-refractivity contribution is 0.0686.